The lowest BCUT2D eigenvalue weighted by molar-refractivity contribution is 0.0385. The van der Waals surface area contributed by atoms with E-state index in [-0.39, 0.29) is 5.56 Å². The van der Waals surface area contributed by atoms with E-state index in [0.29, 0.717) is 15.2 Å². The van der Waals surface area contributed by atoms with Gasteiger partial charge in [-0.25, -0.2) is 0 Å². The normalized spacial score (nSPS) is 12.3. The number of ketones is 1. The van der Waals surface area contributed by atoms with E-state index in [0.717, 1.165) is 5.56 Å². The molecule has 0 N–H and O–H groups in total. The summed E-state index contributed by atoms with van der Waals surface area (Å²) in [5.41, 5.74) is 1.73. The zero-order valence-corrected chi connectivity index (χ0v) is 13.5. The van der Waals surface area contributed by atoms with E-state index < -0.39 is 11.7 Å². The van der Waals surface area contributed by atoms with Crippen molar-refractivity contribution < 1.29 is 13.6 Å². The van der Waals surface area contributed by atoms with Crippen molar-refractivity contribution in [2.24, 2.45) is 0 Å². The van der Waals surface area contributed by atoms with Crippen molar-refractivity contribution in [2.75, 3.05) is 0 Å². The van der Waals surface area contributed by atoms with Crippen molar-refractivity contribution in [3.63, 3.8) is 0 Å². The fraction of sp³-hybridized carbons (Fsp3) is 0.118. The number of allylic oxidation sites excluding steroid dienone is 1. The summed E-state index contributed by atoms with van der Waals surface area (Å²) in [6, 6.07) is 14.8. The predicted molar refractivity (Wildman–Crippen MR) is 88.9 cm³/mol. The van der Waals surface area contributed by atoms with Gasteiger partial charge in [-0.15, -0.1) is 0 Å². The number of hydrogen-bond acceptors (Lipinski definition) is 1. The summed E-state index contributed by atoms with van der Waals surface area (Å²) in [5, 5.41) is 0. The Kier molecular flexibility index (Phi) is 4.88. The van der Waals surface area contributed by atoms with E-state index in [2.05, 4.69) is 0 Å². The molecule has 0 spiro atoms. The van der Waals surface area contributed by atoms with Gasteiger partial charge in [0.05, 0.1) is 0 Å². The fourth-order valence-electron chi connectivity index (χ4n) is 1.80. The Morgan fingerprint density at radius 1 is 1.00 bits per heavy atom. The van der Waals surface area contributed by atoms with Crippen LogP contribution in [-0.2, 0) is 0 Å². The molecule has 0 radical (unpaired) electrons. The van der Waals surface area contributed by atoms with E-state index in [4.69, 9.17) is 0 Å². The zero-order valence-electron chi connectivity index (χ0n) is 11.3. The first-order valence-electron chi connectivity index (χ1n) is 6.33. The molecule has 0 saturated heterocycles. The molecule has 0 atom stereocenters. The number of carbonyl (C=O) groups excluding carboxylic acids is 1. The van der Waals surface area contributed by atoms with Gasteiger partial charge in [0.1, 0.15) is 0 Å². The van der Waals surface area contributed by atoms with E-state index in [1.54, 1.807) is 30.3 Å². The maximum absolute atomic E-state index is 14.1. The predicted octanol–water partition coefficient (Wildman–Crippen LogP) is 5.29. The molecule has 0 aliphatic carbocycles. The van der Waals surface area contributed by atoms with Crippen LogP contribution in [0.15, 0.2) is 60.7 Å². The zero-order chi connectivity index (χ0) is 15.5. The molecule has 0 amide bonds. The number of alkyl halides is 2. The van der Waals surface area contributed by atoms with Gasteiger partial charge in [0.25, 0.3) is 0 Å². The largest absolute Gasteiger partial charge is 0.329 e. The molecule has 0 heterocycles. The minimum absolute atomic E-state index is 0.00635. The molecule has 2 aromatic rings. The van der Waals surface area contributed by atoms with Crippen LogP contribution in [0.1, 0.15) is 21.5 Å². The second-order valence-corrected chi connectivity index (χ2v) is 5.84. The number of carbonyl (C=O) groups is 1. The second-order valence-electron chi connectivity index (χ2n) is 4.68. The van der Waals surface area contributed by atoms with Crippen LogP contribution < -0.4 is 0 Å². The summed E-state index contributed by atoms with van der Waals surface area (Å²) in [7, 11) is 0. The quantitative estimate of drug-likeness (QED) is 0.506. The number of hydrogen-bond donors (Lipinski definition) is 0. The second kappa shape index (κ2) is 6.47. The van der Waals surface area contributed by atoms with Crippen LogP contribution in [0, 0.1) is 6.92 Å². The minimum Gasteiger partial charge on any atom is -0.287 e. The number of halogens is 3. The Balaban J connectivity index is 2.29. The lowest BCUT2D eigenvalue weighted by atomic mass is 10.0. The van der Waals surface area contributed by atoms with Crippen LogP contribution in [0.25, 0.3) is 3.58 Å². The van der Waals surface area contributed by atoms with Gasteiger partial charge in [-0.3, -0.25) is 4.79 Å². The number of benzene rings is 2. The molecule has 0 aromatic heterocycles. The van der Waals surface area contributed by atoms with Crippen molar-refractivity contribution >= 4 is 32.0 Å². The third-order valence-corrected chi connectivity index (χ3v) is 3.91. The van der Waals surface area contributed by atoms with Crippen molar-refractivity contribution in [1.29, 1.82) is 0 Å². The lowest BCUT2D eigenvalue weighted by Gasteiger charge is -2.12. The average molecular weight is 398 g/mol. The maximum Gasteiger partial charge on any atom is 0.329 e. The monoisotopic (exact) mass is 398 g/mol. The van der Waals surface area contributed by atoms with Crippen molar-refractivity contribution in [3.8, 4) is 0 Å². The number of rotatable bonds is 4. The summed E-state index contributed by atoms with van der Waals surface area (Å²) in [5.74, 6) is -4.72. The average Bonchev–Trinajstić information content (AvgIpc) is 2.47. The standard InChI is InChI=1S/C17H13F2IO/c1-12-7-9-13(10-8-12)15(20)11-17(18,19)16(21)14-5-3-2-4-6-14/h2-11H,1H3/b15-11+. The molecule has 4 heteroatoms. The first-order valence-corrected chi connectivity index (χ1v) is 7.41. The van der Waals surface area contributed by atoms with Gasteiger partial charge in [0.15, 0.2) is 0 Å². The van der Waals surface area contributed by atoms with Gasteiger partial charge in [-0.05, 0) is 35.1 Å². The van der Waals surface area contributed by atoms with E-state index in [1.165, 1.54) is 12.1 Å². The first kappa shape index (κ1) is 15.8. The van der Waals surface area contributed by atoms with E-state index >= 15 is 0 Å². The minimum atomic E-state index is -3.53. The highest BCUT2D eigenvalue weighted by Gasteiger charge is 2.37. The molecule has 0 fully saturated rings. The smallest absolute Gasteiger partial charge is 0.287 e. The van der Waals surface area contributed by atoms with Crippen LogP contribution >= 0.6 is 22.6 Å². The van der Waals surface area contributed by atoms with Gasteiger partial charge in [-0.1, -0.05) is 60.2 Å². The molecule has 2 aromatic carbocycles. The highest BCUT2D eigenvalue weighted by molar-refractivity contribution is 14.1. The van der Waals surface area contributed by atoms with Crippen molar-refractivity contribution in [1.82, 2.24) is 0 Å². The fourth-order valence-corrected chi connectivity index (χ4v) is 2.55. The van der Waals surface area contributed by atoms with Crippen molar-refractivity contribution in [2.45, 2.75) is 12.8 Å². The summed E-state index contributed by atoms with van der Waals surface area (Å²) < 4.78 is 28.5. The van der Waals surface area contributed by atoms with Gasteiger partial charge in [0, 0.05) is 15.2 Å². The van der Waals surface area contributed by atoms with E-state index in [9.17, 15) is 13.6 Å². The van der Waals surface area contributed by atoms with Crippen LogP contribution in [-0.4, -0.2) is 11.7 Å². The summed E-state index contributed by atoms with van der Waals surface area (Å²) >= 11 is 1.83. The van der Waals surface area contributed by atoms with Gasteiger partial charge < -0.3 is 0 Å². The summed E-state index contributed by atoms with van der Waals surface area (Å²) in [4.78, 5) is 11.9. The highest BCUT2D eigenvalue weighted by Crippen LogP contribution is 2.30. The third-order valence-electron chi connectivity index (χ3n) is 2.97. The molecule has 0 bridgehead atoms. The Labute approximate surface area is 135 Å². The van der Waals surface area contributed by atoms with Gasteiger partial charge in [-0.2, -0.15) is 8.78 Å². The number of Topliss-reactive ketones (excluding diaryl/α,β-unsaturated/α-hetero) is 1. The third kappa shape index (κ3) is 3.97. The van der Waals surface area contributed by atoms with Crippen LogP contribution in [0.4, 0.5) is 8.78 Å². The van der Waals surface area contributed by atoms with Crippen LogP contribution in [0.5, 0.6) is 0 Å². The van der Waals surface area contributed by atoms with Crippen LogP contribution in [0.2, 0.25) is 0 Å². The molecule has 0 aliphatic rings. The summed E-state index contributed by atoms with van der Waals surface area (Å²) in [6.45, 7) is 1.92. The number of aryl methyl sites for hydroxylation is 1. The summed E-state index contributed by atoms with van der Waals surface area (Å²) in [6.07, 6.45) is 0.716. The molecule has 108 valence electrons. The highest BCUT2D eigenvalue weighted by atomic mass is 127. The molecule has 0 saturated carbocycles. The Morgan fingerprint density at radius 3 is 2.14 bits per heavy atom. The molecular weight excluding hydrogens is 385 g/mol. The molecule has 21 heavy (non-hydrogen) atoms. The Hall–Kier alpha value is -1.56. The van der Waals surface area contributed by atoms with Gasteiger partial charge >= 0.3 is 5.92 Å². The molecule has 0 aliphatic heterocycles. The van der Waals surface area contributed by atoms with Crippen LogP contribution in [0.3, 0.4) is 0 Å². The maximum atomic E-state index is 14.1. The molecule has 2 rings (SSSR count). The lowest BCUT2D eigenvalue weighted by Crippen LogP contribution is -2.26. The Morgan fingerprint density at radius 2 is 1.57 bits per heavy atom. The molecule has 0 unspecified atom stereocenters. The van der Waals surface area contributed by atoms with Crippen molar-refractivity contribution in [3.05, 3.63) is 77.4 Å². The Bertz CT molecular complexity index is 661. The van der Waals surface area contributed by atoms with E-state index in [1.807, 2.05) is 41.6 Å². The first-order chi connectivity index (χ1) is 9.90. The molecule has 1 nitrogen and oxygen atoms in total. The topological polar surface area (TPSA) is 17.1 Å². The molecular formula is C17H13F2IO. The SMILES string of the molecule is Cc1ccc(/C(I)=C\C(F)(F)C(=O)c2ccccc2)cc1. The van der Waals surface area contributed by atoms with Gasteiger partial charge in [0.2, 0.25) is 5.78 Å².